The summed E-state index contributed by atoms with van der Waals surface area (Å²) < 4.78 is 10.8. The molecule has 1 saturated heterocycles. The third-order valence-corrected chi connectivity index (χ3v) is 4.14. The van der Waals surface area contributed by atoms with Crippen molar-refractivity contribution in [3.05, 3.63) is 48.2 Å². The van der Waals surface area contributed by atoms with Gasteiger partial charge < -0.3 is 14.2 Å². The minimum absolute atomic E-state index is 0.481. The lowest BCUT2D eigenvalue weighted by molar-refractivity contribution is 0.122. The summed E-state index contributed by atoms with van der Waals surface area (Å²) in [6.45, 7) is 5.25. The molecule has 1 aliphatic rings. The average Bonchev–Trinajstić information content (AvgIpc) is 3.13. The van der Waals surface area contributed by atoms with Crippen molar-refractivity contribution in [1.29, 1.82) is 0 Å². The van der Waals surface area contributed by atoms with Crippen LogP contribution in [0.25, 0.3) is 22.8 Å². The minimum Gasteiger partial charge on any atom is -0.378 e. The van der Waals surface area contributed by atoms with Crippen LogP contribution in [0.2, 0.25) is 0 Å². The van der Waals surface area contributed by atoms with Crippen molar-refractivity contribution in [2.45, 2.75) is 6.92 Å². The van der Waals surface area contributed by atoms with Crippen LogP contribution in [0.15, 0.2) is 47.1 Å². The SMILES string of the molecule is Cc1ccccc1-c1noc(-c2ccc(N3CCOCC3)nc2)n1. The predicted octanol–water partition coefficient (Wildman–Crippen LogP) is 2.94. The fourth-order valence-electron chi connectivity index (χ4n) is 2.77. The summed E-state index contributed by atoms with van der Waals surface area (Å²) in [5, 5.41) is 4.10. The highest BCUT2D eigenvalue weighted by atomic mass is 16.5. The molecule has 0 unspecified atom stereocenters. The lowest BCUT2D eigenvalue weighted by Crippen LogP contribution is -2.36. The second kappa shape index (κ2) is 6.41. The number of benzene rings is 1. The second-order valence-electron chi connectivity index (χ2n) is 5.74. The molecular formula is C18H18N4O2. The molecule has 0 atom stereocenters. The van der Waals surface area contributed by atoms with Crippen LogP contribution in [-0.2, 0) is 4.74 Å². The predicted molar refractivity (Wildman–Crippen MR) is 90.7 cm³/mol. The molecule has 1 fully saturated rings. The molecule has 1 aliphatic heterocycles. The maximum atomic E-state index is 5.41. The summed E-state index contributed by atoms with van der Waals surface area (Å²) >= 11 is 0. The van der Waals surface area contributed by atoms with Crippen molar-refractivity contribution in [2.75, 3.05) is 31.2 Å². The third kappa shape index (κ3) is 2.88. The molecule has 6 nitrogen and oxygen atoms in total. The van der Waals surface area contributed by atoms with Crippen LogP contribution >= 0.6 is 0 Å². The van der Waals surface area contributed by atoms with E-state index >= 15 is 0 Å². The van der Waals surface area contributed by atoms with Gasteiger partial charge in [0.1, 0.15) is 5.82 Å². The van der Waals surface area contributed by atoms with Crippen LogP contribution < -0.4 is 4.90 Å². The molecule has 6 heteroatoms. The smallest absolute Gasteiger partial charge is 0.259 e. The quantitative estimate of drug-likeness (QED) is 0.739. The van der Waals surface area contributed by atoms with Gasteiger partial charge >= 0.3 is 0 Å². The first-order chi connectivity index (χ1) is 11.8. The molecule has 0 amide bonds. The summed E-state index contributed by atoms with van der Waals surface area (Å²) in [6.07, 6.45) is 1.78. The van der Waals surface area contributed by atoms with Crippen molar-refractivity contribution in [1.82, 2.24) is 15.1 Å². The van der Waals surface area contributed by atoms with Gasteiger partial charge in [-0.1, -0.05) is 29.4 Å². The van der Waals surface area contributed by atoms with Gasteiger partial charge in [-0.3, -0.25) is 0 Å². The molecule has 0 N–H and O–H groups in total. The van der Waals surface area contributed by atoms with E-state index in [2.05, 4.69) is 20.0 Å². The molecule has 4 rings (SSSR count). The third-order valence-electron chi connectivity index (χ3n) is 4.14. The summed E-state index contributed by atoms with van der Waals surface area (Å²) in [7, 11) is 0. The van der Waals surface area contributed by atoms with E-state index in [4.69, 9.17) is 9.26 Å². The first-order valence-corrected chi connectivity index (χ1v) is 8.00. The van der Waals surface area contributed by atoms with Crippen molar-refractivity contribution < 1.29 is 9.26 Å². The number of ether oxygens (including phenoxy) is 1. The van der Waals surface area contributed by atoms with Crippen LogP contribution in [0.3, 0.4) is 0 Å². The van der Waals surface area contributed by atoms with E-state index in [9.17, 15) is 0 Å². The maximum absolute atomic E-state index is 5.41. The number of hydrogen-bond donors (Lipinski definition) is 0. The van der Waals surface area contributed by atoms with E-state index < -0.39 is 0 Å². The van der Waals surface area contributed by atoms with E-state index in [0.29, 0.717) is 11.7 Å². The molecule has 0 saturated carbocycles. The van der Waals surface area contributed by atoms with Gasteiger partial charge in [-0.25, -0.2) is 4.98 Å². The Kier molecular flexibility index (Phi) is 3.96. The van der Waals surface area contributed by atoms with Crippen molar-refractivity contribution in [2.24, 2.45) is 0 Å². The molecule has 24 heavy (non-hydrogen) atoms. The molecule has 2 aromatic heterocycles. The fourth-order valence-corrected chi connectivity index (χ4v) is 2.77. The summed E-state index contributed by atoms with van der Waals surface area (Å²) in [5.41, 5.74) is 2.91. The van der Waals surface area contributed by atoms with E-state index in [-0.39, 0.29) is 0 Å². The number of morpholine rings is 1. The van der Waals surface area contributed by atoms with Gasteiger partial charge in [0.05, 0.1) is 18.8 Å². The van der Waals surface area contributed by atoms with E-state index in [0.717, 1.165) is 48.8 Å². The molecule has 3 heterocycles. The Morgan fingerprint density at radius 2 is 1.88 bits per heavy atom. The highest BCUT2D eigenvalue weighted by molar-refractivity contribution is 5.62. The van der Waals surface area contributed by atoms with Crippen LogP contribution in [-0.4, -0.2) is 41.4 Å². The van der Waals surface area contributed by atoms with Gasteiger partial charge in [-0.15, -0.1) is 0 Å². The molecular weight excluding hydrogens is 304 g/mol. The standard InChI is InChI=1S/C18H18N4O2/c1-13-4-2-3-5-15(13)17-20-18(24-21-17)14-6-7-16(19-12-14)22-8-10-23-11-9-22/h2-7,12H,8-11H2,1H3. The summed E-state index contributed by atoms with van der Waals surface area (Å²) in [6, 6.07) is 11.9. The Hall–Kier alpha value is -2.73. The number of aromatic nitrogens is 3. The first-order valence-electron chi connectivity index (χ1n) is 8.00. The number of pyridine rings is 1. The number of aryl methyl sites for hydroxylation is 1. The lowest BCUT2D eigenvalue weighted by Gasteiger charge is -2.27. The molecule has 3 aromatic rings. The zero-order valence-corrected chi connectivity index (χ0v) is 13.5. The van der Waals surface area contributed by atoms with Crippen LogP contribution in [0.4, 0.5) is 5.82 Å². The van der Waals surface area contributed by atoms with Crippen LogP contribution in [0.5, 0.6) is 0 Å². The Bertz CT molecular complexity index is 823. The van der Waals surface area contributed by atoms with Crippen molar-refractivity contribution in [3.8, 4) is 22.8 Å². The van der Waals surface area contributed by atoms with Gasteiger partial charge in [0.2, 0.25) is 5.82 Å². The number of hydrogen-bond acceptors (Lipinski definition) is 6. The monoisotopic (exact) mass is 322 g/mol. The highest BCUT2D eigenvalue weighted by Gasteiger charge is 2.15. The average molecular weight is 322 g/mol. The van der Waals surface area contributed by atoms with Crippen molar-refractivity contribution >= 4 is 5.82 Å². The zero-order chi connectivity index (χ0) is 16.4. The van der Waals surface area contributed by atoms with Gasteiger partial charge in [0, 0.05) is 24.8 Å². The van der Waals surface area contributed by atoms with Crippen LogP contribution in [0.1, 0.15) is 5.56 Å². The number of anilines is 1. The number of nitrogens with zero attached hydrogens (tertiary/aromatic N) is 4. The van der Waals surface area contributed by atoms with E-state index in [1.807, 2.05) is 43.3 Å². The van der Waals surface area contributed by atoms with Gasteiger partial charge in [-0.05, 0) is 24.6 Å². The topological polar surface area (TPSA) is 64.3 Å². The Morgan fingerprint density at radius 3 is 2.62 bits per heavy atom. The Morgan fingerprint density at radius 1 is 1.04 bits per heavy atom. The molecule has 0 bridgehead atoms. The largest absolute Gasteiger partial charge is 0.378 e. The lowest BCUT2D eigenvalue weighted by atomic mass is 10.1. The number of rotatable bonds is 3. The normalized spacial score (nSPS) is 14.8. The fraction of sp³-hybridized carbons (Fsp3) is 0.278. The van der Waals surface area contributed by atoms with Gasteiger partial charge in [-0.2, -0.15) is 4.98 Å². The van der Waals surface area contributed by atoms with Crippen molar-refractivity contribution in [3.63, 3.8) is 0 Å². The Labute approximate surface area is 140 Å². The van der Waals surface area contributed by atoms with E-state index in [1.54, 1.807) is 6.20 Å². The summed E-state index contributed by atoms with van der Waals surface area (Å²) in [4.78, 5) is 11.2. The molecule has 1 aromatic carbocycles. The molecule has 122 valence electrons. The van der Waals surface area contributed by atoms with E-state index in [1.165, 1.54) is 0 Å². The van der Waals surface area contributed by atoms with Crippen LogP contribution in [0, 0.1) is 6.92 Å². The van der Waals surface area contributed by atoms with Gasteiger partial charge in [0.25, 0.3) is 5.89 Å². The first kappa shape index (κ1) is 14.8. The summed E-state index contributed by atoms with van der Waals surface area (Å²) in [5.74, 6) is 2.02. The molecule has 0 radical (unpaired) electrons. The Balaban J connectivity index is 1.57. The molecule has 0 spiro atoms. The maximum Gasteiger partial charge on any atom is 0.259 e. The highest BCUT2D eigenvalue weighted by Crippen LogP contribution is 2.25. The zero-order valence-electron chi connectivity index (χ0n) is 13.5. The minimum atomic E-state index is 0.481. The van der Waals surface area contributed by atoms with Gasteiger partial charge in [0.15, 0.2) is 0 Å². The molecule has 0 aliphatic carbocycles. The second-order valence-corrected chi connectivity index (χ2v) is 5.74.